The predicted octanol–water partition coefficient (Wildman–Crippen LogP) is 1.86. The van der Waals surface area contributed by atoms with E-state index in [4.69, 9.17) is 0 Å². The number of rotatable bonds is 4. The minimum atomic E-state index is -3.57. The molecule has 2 aromatic rings. The quantitative estimate of drug-likeness (QED) is 0.846. The molecule has 132 valence electrons. The van der Waals surface area contributed by atoms with Crippen molar-refractivity contribution >= 4 is 31.6 Å². The van der Waals surface area contributed by atoms with Gasteiger partial charge in [-0.1, -0.05) is 24.3 Å². The van der Waals surface area contributed by atoms with E-state index in [2.05, 4.69) is 14.4 Å². The van der Waals surface area contributed by atoms with Crippen LogP contribution in [0.4, 0.5) is 5.69 Å². The standard InChI is InChI=1S/C16H17N3O4S2/c1-11(12-7-9-13(10-8-12)18-24(2,20)21)17-16-14-5-3-4-6-15(14)25(22,23)19-16/h3-11,18H,1-2H3,(H,17,19). The van der Waals surface area contributed by atoms with Crippen molar-refractivity contribution in [1.29, 1.82) is 0 Å². The van der Waals surface area contributed by atoms with E-state index >= 15 is 0 Å². The Morgan fingerprint density at radius 2 is 1.72 bits per heavy atom. The number of sulfonamides is 2. The first kappa shape index (κ1) is 17.4. The van der Waals surface area contributed by atoms with E-state index in [9.17, 15) is 16.8 Å². The molecule has 0 saturated carbocycles. The van der Waals surface area contributed by atoms with E-state index in [1.54, 1.807) is 42.5 Å². The van der Waals surface area contributed by atoms with E-state index in [-0.39, 0.29) is 10.9 Å². The van der Waals surface area contributed by atoms with Crippen LogP contribution in [0.25, 0.3) is 0 Å². The maximum Gasteiger partial charge on any atom is 0.263 e. The monoisotopic (exact) mass is 379 g/mol. The summed E-state index contributed by atoms with van der Waals surface area (Å²) in [5.41, 5.74) is 1.83. The van der Waals surface area contributed by atoms with Gasteiger partial charge >= 0.3 is 0 Å². The van der Waals surface area contributed by atoms with Crippen LogP contribution in [-0.4, -0.2) is 28.9 Å². The third-order valence-corrected chi connectivity index (χ3v) is 5.69. The number of benzene rings is 2. The molecule has 3 rings (SSSR count). The Morgan fingerprint density at radius 1 is 1.08 bits per heavy atom. The van der Waals surface area contributed by atoms with Gasteiger partial charge in [-0.3, -0.25) is 14.4 Å². The zero-order valence-electron chi connectivity index (χ0n) is 13.6. The normalized spacial score (nSPS) is 18.4. The number of amidine groups is 1. The fraction of sp³-hybridized carbons (Fsp3) is 0.188. The van der Waals surface area contributed by atoms with E-state index in [0.717, 1.165) is 11.8 Å². The Kier molecular flexibility index (Phi) is 4.29. The van der Waals surface area contributed by atoms with Gasteiger partial charge in [-0.25, -0.2) is 16.8 Å². The first-order valence-corrected chi connectivity index (χ1v) is 10.8. The lowest BCUT2D eigenvalue weighted by Crippen LogP contribution is -2.22. The molecule has 0 saturated heterocycles. The summed E-state index contributed by atoms with van der Waals surface area (Å²) >= 11 is 0. The van der Waals surface area contributed by atoms with Gasteiger partial charge in [0, 0.05) is 11.3 Å². The van der Waals surface area contributed by atoms with Crippen molar-refractivity contribution in [2.45, 2.75) is 17.9 Å². The van der Waals surface area contributed by atoms with Gasteiger partial charge in [0.1, 0.15) is 5.84 Å². The fourth-order valence-corrected chi connectivity index (χ4v) is 4.35. The molecule has 2 aromatic carbocycles. The highest BCUT2D eigenvalue weighted by atomic mass is 32.2. The highest BCUT2D eigenvalue weighted by Crippen LogP contribution is 2.26. The van der Waals surface area contributed by atoms with Gasteiger partial charge < -0.3 is 0 Å². The van der Waals surface area contributed by atoms with E-state index in [1.165, 1.54) is 6.07 Å². The van der Waals surface area contributed by atoms with Crippen molar-refractivity contribution in [1.82, 2.24) is 4.72 Å². The molecule has 0 amide bonds. The van der Waals surface area contributed by atoms with Crippen LogP contribution < -0.4 is 9.44 Å². The molecule has 25 heavy (non-hydrogen) atoms. The van der Waals surface area contributed by atoms with Crippen molar-refractivity contribution in [2.75, 3.05) is 11.0 Å². The maximum absolute atomic E-state index is 12.1. The first-order valence-electron chi connectivity index (χ1n) is 7.43. The minimum absolute atomic E-state index is 0.216. The van der Waals surface area contributed by atoms with Gasteiger partial charge in [-0.05, 0) is 36.8 Å². The number of hydrogen-bond donors (Lipinski definition) is 2. The summed E-state index contributed by atoms with van der Waals surface area (Å²) in [6.07, 6.45) is 1.08. The Labute approximate surface area is 146 Å². The van der Waals surface area contributed by atoms with Gasteiger partial charge in [0.15, 0.2) is 0 Å². The molecule has 1 unspecified atom stereocenters. The predicted molar refractivity (Wildman–Crippen MR) is 96.6 cm³/mol. The smallest absolute Gasteiger partial charge is 0.263 e. The average molecular weight is 379 g/mol. The Bertz CT molecular complexity index is 1040. The molecule has 9 heteroatoms. The van der Waals surface area contributed by atoms with Gasteiger partial charge in [0.2, 0.25) is 10.0 Å². The summed E-state index contributed by atoms with van der Waals surface area (Å²) in [5, 5.41) is 0. The zero-order chi connectivity index (χ0) is 18.2. The van der Waals surface area contributed by atoms with Crippen molar-refractivity contribution in [3.05, 3.63) is 59.7 Å². The summed E-state index contributed by atoms with van der Waals surface area (Å²) < 4.78 is 51.5. The van der Waals surface area contributed by atoms with Crippen LogP contribution in [0.15, 0.2) is 58.4 Å². The highest BCUT2D eigenvalue weighted by Gasteiger charge is 2.30. The van der Waals surface area contributed by atoms with E-state index in [1.807, 2.05) is 6.92 Å². The Hall–Kier alpha value is -2.39. The first-order chi connectivity index (χ1) is 11.7. The molecule has 1 atom stereocenters. The van der Waals surface area contributed by atoms with E-state index < -0.39 is 20.0 Å². The number of nitrogens with zero attached hydrogens (tertiary/aromatic N) is 1. The lowest BCUT2D eigenvalue weighted by atomic mass is 10.1. The van der Waals surface area contributed by atoms with Crippen LogP contribution in [0, 0.1) is 0 Å². The summed E-state index contributed by atoms with van der Waals surface area (Å²) in [6.45, 7) is 1.83. The van der Waals surface area contributed by atoms with Crippen LogP contribution in [-0.2, 0) is 20.0 Å². The van der Waals surface area contributed by atoms with Crippen LogP contribution in [0.5, 0.6) is 0 Å². The van der Waals surface area contributed by atoms with Crippen molar-refractivity contribution in [3.63, 3.8) is 0 Å². The SMILES string of the molecule is CC(N=C1NS(=O)(=O)c2ccccc21)c1ccc(NS(C)(=O)=O)cc1. The van der Waals surface area contributed by atoms with Crippen LogP contribution in [0.3, 0.4) is 0 Å². The summed E-state index contributed by atoms with van der Waals surface area (Å²) in [4.78, 5) is 4.69. The van der Waals surface area contributed by atoms with Crippen molar-refractivity contribution < 1.29 is 16.8 Å². The van der Waals surface area contributed by atoms with Crippen molar-refractivity contribution in [3.8, 4) is 0 Å². The molecule has 0 spiro atoms. The summed E-state index contributed by atoms with van der Waals surface area (Å²) in [6, 6.07) is 13.1. The third kappa shape index (κ3) is 3.83. The fourth-order valence-electron chi connectivity index (χ4n) is 2.54. The minimum Gasteiger partial charge on any atom is -0.284 e. The molecule has 0 bridgehead atoms. The summed E-state index contributed by atoms with van der Waals surface area (Å²) in [5.74, 6) is 0.307. The van der Waals surface area contributed by atoms with Crippen LogP contribution in [0.2, 0.25) is 0 Å². The maximum atomic E-state index is 12.1. The van der Waals surface area contributed by atoms with Gasteiger partial charge in [-0.15, -0.1) is 0 Å². The third-order valence-electron chi connectivity index (χ3n) is 3.68. The highest BCUT2D eigenvalue weighted by molar-refractivity contribution is 7.92. The molecule has 0 fully saturated rings. The molecular weight excluding hydrogens is 362 g/mol. The second-order valence-electron chi connectivity index (χ2n) is 5.75. The van der Waals surface area contributed by atoms with Gasteiger partial charge in [0.25, 0.3) is 10.0 Å². The topological polar surface area (TPSA) is 105 Å². The number of aliphatic imine (C=N–C) groups is 1. The van der Waals surface area contributed by atoms with Gasteiger partial charge in [0.05, 0.1) is 17.2 Å². The molecule has 7 nitrogen and oxygen atoms in total. The van der Waals surface area contributed by atoms with Crippen LogP contribution in [0.1, 0.15) is 24.1 Å². The largest absolute Gasteiger partial charge is 0.284 e. The number of anilines is 1. The second-order valence-corrected chi connectivity index (χ2v) is 9.15. The number of hydrogen-bond acceptors (Lipinski definition) is 5. The second kappa shape index (κ2) is 6.16. The molecule has 0 radical (unpaired) electrons. The number of nitrogens with one attached hydrogen (secondary N) is 2. The zero-order valence-corrected chi connectivity index (χ0v) is 15.2. The van der Waals surface area contributed by atoms with Gasteiger partial charge in [-0.2, -0.15) is 0 Å². The molecule has 1 heterocycles. The lowest BCUT2D eigenvalue weighted by Gasteiger charge is -2.10. The Morgan fingerprint density at radius 3 is 2.36 bits per heavy atom. The Balaban J connectivity index is 1.88. The molecule has 1 aliphatic heterocycles. The molecule has 0 aliphatic carbocycles. The van der Waals surface area contributed by atoms with E-state index in [0.29, 0.717) is 17.1 Å². The molecule has 1 aliphatic rings. The molecule has 2 N–H and O–H groups in total. The lowest BCUT2D eigenvalue weighted by molar-refractivity contribution is 0.594. The number of fused-ring (bicyclic) bond motifs is 1. The average Bonchev–Trinajstić information content (AvgIpc) is 2.78. The van der Waals surface area contributed by atoms with Crippen LogP contribution >= 0.6 is 0 Å². The van der Waals surface area contributed by atoms with Crippen molar-refractivity contribution in [2.24, 2.45) is 4.99 Å². The summed E-state index contributed by atoms with van der Waals surface area (Å²) in [7, 11) is -6.90. The molecule has 0 aromatic heterocycles. The molecular formula is C16H17N3O4S2.